The van der Waals surface area contributed by atoms with E-state index in [-0.39, 0.29) is 24.8 Å². The number of H-pyrrole nitrogens is 1. The van der Waals surface area contributed by atoms with E-state index in [4.69, 9.17) is 4.52 Å². The van der Waals surface area contributed by atoms with Gasteiger partial charge in [-0.1, -0.05) is 30.3 Å². The fourth-order valence-electron chi connectivity index (χ4n) is 2.00. The number of nitrogens with one attached hydrogen (secondary N) is 2. The summed E-state index contributed by atoms with van der Waals surface area (Å²) < 4.78 is 4.83. The van der Waals surface area contributed by atoms with Crippen LogP contribution in [0.5, 0.6) is 0 Å². The van der Waals surface area contributed by atoms with Gasteiger partial charge >= 0.3 is 5.97 Å². The molecule has 0 saturated heterocycles. The number of aromatic amines is 1. The summed E-state index contributed by atoms with van der Waals surface area (Å²) in [6, 6.07) is 9.32. The summed E-state index contributed by atoms with van der Waals surface area (Å²) in [5, 5.41) is 13.8. The van der Waals surface area contributed by atoms with Crippen LogP contribution in [0.3, 0.4) is 0 Å². The molecular formula is C15H16N2O5. The van der Waals surface area contributed by atoms with Crippen molar-refractivity contribution in [1.82, 2.24) is 10.5 Å². The van der Waals surface area contributed by atoms with Crippen molar-refractivity contribution >= 4 is 11.9 Å². The average molecular weight is 304 g/mol. The zero-order valence-corrected chi connectivity index (χ0v) is 11.7. The van der Waals surface area contributed by atoms with E-state index >= 15 is 0 Å². The molecule has 0 fully saturated rings. The van der Waals surface area contributed by atoms with Gasteiger partial charge in [-0.25, -0.2) is 4.79 Å². The third kappa shape index (κ3) is 4.62. The van der Waals surface area contributed by atoms with Gasteiger partial charge in [0.2, 0.25) is 5.91 Å². The smallest absolute Gasteiger partial charge is 0.326 e. The zero-order valence-electron chi connectivity index (χ0n) is 11.7. The molecule has 3 N–H and O–H groups in total. The van der Waals surface area contributed by atoms with Crippen molar-refractivity contribution in [2.75, 3.05) is 0 Å². The number of carboxylic acid groups (broad SMARTS) is 1. The molecule has 22 heavy (non-hydrogen) atoms. The fraction of sp³-hybridized carbons (Fsp3) is 0.267. The average Bonchev–Trinajstić information content (AvgIpc) is 2.91. The fourth-order valence-corrected chi connectivity index (χ4v) is 2.00. The van der Waals surface area contributed by atoms with Crippen molar-refractivity contribution in [3.8, 4) is 0 Å². The van der Waals surface area contributed by atoms with Crippen LogP contribution in [-0.2, 0) is 22.4 Å². The minimum absolute atomic E-state index is 0.0410. The predicted molar refractivity (Wildman–Crippen MR) is 77.4 cm³/mol. The van der Waals surface area contributed by atoms with Gasteiger partial charge in [0, 0.05) is 25.3 Å². The van der Waals surface area contributed by atoms with E-state index in [2.05, 4.69) is 10.5 Å². The number of carbonyl (C=O) groups excluding carboxylic acids is 1. The minimum atomic E-state index is -1.09. The van der Waals surface area contributed by atoms with E-state index in [1.165, 1.54) is 6.07 Å². The number of carbonyl (C=O) groups is 2. The molecule has 7 nitrogen and oxygen atoms in total. The summed E-state index contributed by atoms with van der Waals surface area (Å²) in [5.41, 5.74) is 0.453. The molecule has 1 amide bonds. The molecule has 2 rings (SSSR count). The van der Waals surface area contributed by atoms with Gasteiger partial charge in [-0.15, -0.1) is 0 Å². The van der Waals surface area contributed by atoms with Gasteiger partial charge in [0.05, 0.1) is 0 Å². The Morgan fingerprint density at radius 3 is 2.59 bits per heavy atom. The summed E-state index contributed by atoms with van der Waals surface area (Å²) in [7, 11) is 0. The van der Waals surface area contributed by atoms with Crippen LogP contribution in [0.15, 0.2) is 45.7 Å². The molecule has 116 valence electrons. The molecule has 0 spiro atoms. The van der Waals surface area contributed by atoms with Gasteiger partial charge in [-0.2, -0.15) is 5.16 Å². The standard InChI is InChI=1S/C15H16N2O5/c18-13(7-6-11-9-14(19)17-22-11)16-12(15(20)21)8-10-4-2-1-3-5-10/h1-5,9,12H,6-8H2,(H,16,18)(H,17,19)(H,20,21)/t12-/m1/s1. The van der Waals surface area contributed by atoms with Crippen LogP contribution in [0.2, 0.25) is 0 Å². The molecular weight excluding hydrogens is 288 g/mol. The summed E-state index contributed by atoms with van der Waals surface area (Å²) in [6.45, 7) is 0. The molecule has 0 aliphatic heterocycles. The van der Waals surface area contributed by atoms with E-state index in [0.29, 0.717) is 5.76 Å². The molecule has 0 unspecified atom stereocenters. The highest BCUT2D eigenvalue weighted by atomic mass is 16.5. The highest BCUT2D eigenvalue weighted by Crippen LogP contribution is 2.05. The Balaban J connectivity index is 1.88. The lowest BCUT2D eigenvalue weighted by molar-refractivity contribution is -0.141. The molecule has 0 bridgehead atoms. The lowest BCUT2D eigenvalue weighted by atomic mass is 10.1. The molecule has 1 heterocycles. The zero-order chi connectivity index (χ0) is 15.9. The van der Waals surface area contributed by atoms with Gasteiger partial charge < -0.3 is 14.9 Å². The molecule has 0 aliphatic carbocycles. The maximum Gasteiger partial charge on any atom is 0.326 e. The first kappa shape index (κ1) is 15.6. The maximum absolute atomic E-state index is 11.8. The van der Waals surface area contributed by atoms with Crippen LogP contribution in [-0.4, -0.2) is 28.2 Å². The third-order valence-electron chi connectivity index (χ3n) is 3.09. The second-order valence-electron chi connectivity index (χ2n) is 4.83. The van der Waals surface area contributed by atoms with Crippen molar-refractivity contribution in [2.45, 2.75) is 25.3 Å². The molecule has 0 aliphatic rings. The first-order valence-electron chi connectivity index (χ1n) is 6.78. The quantitative estimate of drug-likeness (QED) is 0.697. The van der Waals surface area contributed by atoms with Gasteiger partial charge in [-0.05, 0) is 5.56 Å². The van der Waals surface area contributed by atoms with Crippen molar-refractivity contribution < 1.29 is 19.2 Å². The second-order valence-corrected chi connectivity index (χ2v) is 4.83. The first-order chi connectivity index (χ1) is 10.5. The summed E-state index contributed by atoms with van der Waals surface area (Å²) in [5.74, 6) is -1.15. The lowest BCUT2D eigenvalue weighted by Gasteiger charge is -2.14. The largest absolute Gasteiger partial charge is 0.480 e. The van der Waals surface area contributed by atoms with Gasteiger partial charge in [-0.3, -0.25) is 9.59 Å². The van der Waals surface area contributed by atoms with E-state index < -0.39 is 17.9 Å². The maximum atomic E-state index is 11.8. The van der Waals surface area contributed by atoms with Crippen LogP contribution in [0.1, 0.15) is 17.7 Å². The molecule has 1 aromatic heterocycles. The number of benzene rings is 1. The summed E-state index contributed by atoms with van der Waals surface area (Å²) in [6.07, 6.45) is 0.475. The summed E-state index contributed by atoms with van der Waals surface area (Å²) in [4.78, 5) is 33.9. The number of hydrogen-bond acceptors (Lipinski definition) is 4. The number of aryl methyl sites for hydroxylation is 1. The first-order valence-corrected chi connectivity index (χ1v) is 6.78. The molecule has 2 aromatic rings. The molecule has 0 saturated carbocycles. The Hall–Kier alpha value is -2.83. The molecule has 0 radical (unpaired) electrons. The van der Waals surface area contributed by atoms with Gasteiger partial charge in [0.25, 0.3) is 5.56 Å². The number of rotatable bonds is 7. The SMILES string of the molecule is O=C(CCc1cc(=O)[nH]o1)N[C@H](Cc1ccccc1)C(=O)O. The van der Waals surface area contributed by atoms with Crippen LogP contribution in [0, 0.1) is 0 Å². The number of aromatic nitrogens is 1. The van der Waals surface area contributed by atoms with Crippen LogP contribution >= 0.6 is 0 Å². The molecule has 7 heteroatoms. The molecule has 1 aromatic carbocycles. The number of hydrogen-bond donors (Lipinski definition) is 3. The van der Waals surface area contributed by atoms with Crippen LogP contribution < -0.4 is 10.9 Å². The third-order valence-corrected chi connectivity index (χ3v) is 3.09. The van der Waals surface area contributed by atoms with E-state index in [1.54, 1.807) is 12.1 Å². The normalized spacial score (nSPS) is 11.8. The second kappa shape index (κ2) is 7.26. The highest BCUT2D eigenvalue weighted by molar-refractivity contribution is 5.83. The lowest BCUT2D eigenvalue weighted by Crippen LogP contribution is -2.42. The topological polar surface area (TPSA) is 112 Å². The van der Waals surface area contributed by atoms with Gasteiger partial charge in [0.1, 0.15) is 11.8 Å². The van der Waals surface area contributed by atoms with E-state index in [1.807, 2.05) is 18.2 Å². The Morgan fingerprint density at radius 1 is 1.27 bits per heavy atom. The number of aliphatic carboxylic acids is 1. The van der Waals surface area contributed by atoms with Crippen molar-refractivity contribution in [3.63, 3.8) is 0 Å². The monoisotopic (exact) mass is 304 g/mol. The van der Waals surface area contributed by atoms with Crippen molar-refractivity contribution in [2.24, 2.45) is 0 Å². The molecule has 1 atom stereocenters. The summed E-state index contributed by atoms with van der Waals surface area (Å²) >= 11 is 0. The minimum Gasteiger partial charge on any atom is -0.480 e. The van der Waals surface area contributed by atoms with E-state index in [9.17, 15) is 19.5 Å². The Labute approximate surface area is 125 Å². The van der Waals surface area contributed by atoms with E-state index in [0.717, 1.165) is 5.56 Å². The van der Waals surface area contributed by atoms with Crippen molar-refractivity contribution in [1.29, 1.82) is 0 Å². The Bertz CT molecular complexity index is 689. The Kier molecular flexibility index (Phi) is 5.13. The Morgan fingerprint density at radius 2 is 2.00 bits per heavy atom. The number of amides is 1. The van der Waals surface area contributed by atoms with Gasteiger partial charge in [0.15, 0.2) is 0 Å². The highest BCUT2D eigenvalue weighted by Gasteiger charge is 2.20. The number of carboxylic acids is 1. The predicted octanol–water partition coefficient (Wildman–Crippen LogP) is 0.713. The van der Waals surface area contributed by atoms with Crippen molar-refractivity contribution in [3.05, 3.63) is 58.1 Å². The van der Waals surface area contributed by atoms with Crippen LogP contribution in [0.25, 0.3) is 0 Å². The van der Waals surface area contributed by atoms with Crippen LogP contribution in [0.4, 0.5) is 0 Å².